The quantitative estimate of drug-likeness (QED) is 0.758. The Kier molecular flexibility index (Phi) is 2.65. The van der Waals surface area contributed by atoms with Crippen molar-refractivity contribution in [1.82, 2.24) is 20.3 Å². The van der Waals surface area contributed by atoms with Crippen LogP contribution in [0.25, 0.3) is 0 Å². The largest absolute Gasteiger partial charge is 0.368 e. The van der Waals surface area contributed by atoms with Gasteiger partial charge in [-0.25, -0.2) is 0 Å². The Bertz CT molecular complexity index is 360. The van der Waals surface area contributed by atoms with Gasteiger partial charge >= 0.3 is 0 Å². The van der Waals surface area contributed by atoms with Gasteiger partial charge in [-0.15, -0.1) is 5.10 Å². The van der Waals surface area contributed by atoms with Crippen molar-refractivity contribution in [3.8, 4) is 0 Å². The molecule has 0 atom stereocenters. The van der Waals surface area contributed by atoms with E-state index in [1.165, 1.54) is 6.33 Å². The third-order valence-electron chi connectivity index (χ3n) is 1.62. The second-order valence-corrected chi connectivity index (χ2v) is 2.62. The zero-order valence-electron chi connectivity index (χ0n) is 7.42. The van der Waals surface area contributed by atoms with E-state index in [4.69, 9.17) is 4.52 Å². The van der Waals surface area contributed by atoms with Gasteiger partial charge in [-0.2, -0.15) is 10.1 Å². The first kappa shape index (κ1) is 8.61. The number of nitrogens with one attached hydrogen (secondary N) is 1. The van der Waals surface area contributed by atoms with Crippen LogP contribution in [0.2, 0.25) is 0 Å². The average Bonchev–Trinajstić information content (AvgIpc) is 2.72. The fraction of sp³-hybridized carbons (Fsp3) is 0.250. The van der Waals surface area contributed by atoms with Gasteiger partial charge < -0.3 is 9.84 Å². The molecule has 0 aliphatic heterocycles. The summed E-state index contributed by atoms with van der Waals surface area (Å²) in [5.74, 6) is 1.36. The minimum atomic E-state index is 0.612. The fourth-order valence-corrected chi connectivity index (χ4v) is 0.999. The molecule has 1 N–H and O–H groups in total. The first-order valence-corrected chi connectivity index (χ1v) is 4.22. The molecule has 0 amide bonds. The molecule has 0 unspecified atom stereocenters. The molecular formula is C8H9N5O. The Labute approximate surface area is 80.4 Å². The van der Waals surface area contributed by atoms with Crippen molar-refractivity contribution < 1.29 is 4.52 Å². The maximum atomic E-state index is 4.83. The van der Waals surface area contributed by atoms with Gasteiger partial charge in [0.1, 0.15) is 5.82 Å². The number of hydrogen-bond donors (Lipinski definition) is 1. The van der Waals surface area contributed by atoms with Gasteiger partial charge in [0, 0.05) is 19.2 Å². The lowest BCUT2D eigenvalue weighted by atomic mass is 10.4. The van der Waals surface area contributed by atoms with Crippen LogP contribution in [-0.4, -0.2) is 26.9 Å². The van der Waals surface area contributed by atoms with Crippen molar-refractivity contribution in [3.05, 3.63) is 30.5 Å². The van der Waals surface area contributed by atoms with Crippen LogP contribution in [0.4, 0.5) is 5.82 Å². The fourth-order valence-electron chi connectivity index (χ4n) is 0.999. The Morgan fingerprint density at radius 2 is 2.43 bits per heavy atom. The van der Waals surface area contributed by atoms with Crippen molar-refractivity contribution in [1.29, 1.82) is 0 Å². The molecule has 0 aliphatic carbocycles. The smallest absolute Gasteiger partial charge is 0.228 e. The highest BCUT2D eigenvalue weighted by Crippen LogP contribution is 1.98. The Hall–Kier alpha value is -1.98. The van der Waals surface area contributed by atoms with Gasteiger partial charge in [0.05, 0.1) is 0 Å². The van der Waals surface area contributed by atoms with Gasteiger partial charge in [-0.1, -0.05) is 5.16 Å². The van der Waals surface area contributed by atoms with Gasteiger partial charge in [-0.05, 0) is 12.1 Å². The molecule has 6 nitrogen and oxygen atoms in total. The van der Waals surface area contributed by atoms with E-state index in [1.807, 2.05) is 12.1 Å². The van der Waals surface area contributed by atoms with Crippen LogP contribution in [0, 0.1) is 0 Å². The van der Waals surface area contributed by atoms with Crippen LogP contribution in [-0.2, 0) is 6.42 Å². The normalized spacial score (nSPS) is 10.0. The lowest BCUT2D eigenvalue weighted by molar-refractivity contribution is 0.379. The molecule has 2 rings (SSSR count). The SMILES string of the molecule is c1cnnc(NCCc2ncno2)c1. The number of nitrogens with zero attached hydrogens (tertiary/aromatic N) is 4. The van der Waals surface area contributed by atoms with E-state index in [2.05, 4.69) is 25.7 Å². The summed E-state index contributed by atoms with van der Waals surface area (Å²) in [6.07, 6.45) is 3.69. The summed E-state index contributed by atoms with van der Waals surface area (Å²) in [6, 6.07) is 3.67. The molecule has 0 aromatic carbocycles. The lowest BCUT2D eigenvalue weighted by Crippen LogP contribution is -2.06. The van der Waals surface area contributed by atoms with Crippen LogP contribution in [0.1, 0.15) is 5.89 Å². The lowest BCUT2D eigenvalue weighted by Gasteiger charge is -2.00. The summed E-state index contributed by atoms with van der Waals surface area (Å²) in [7, 11) is 0. The third kappa shape index (κ3) is 2.25. The summed E-state index contributed by atoms with van der Waals surface area (Å²) in [4.78, 5) is 3.89. The number of rotatable bonds is 4. The van der Waals surface area contributed by atoms with Gasteiger partial charge in [0.2, 0.25) is 5.89 Å². The van der Waals surface area contributed by atoms with Crippen LogP contribution < -0.4 is 5.32 Å². The van der Waals surface area contributed by atoms with Crippen molar-refractivity contribution in [2.75, 3.05) is 11.9 Å². The molecule has 0 radical (unpaired) electrons. The number of hydrogen-bond acceptors (Lipinski definition) is 6. The monoisotopic (exact) mass is 191 g/mol. The van der Waals surface area contributed by atoms with Crippen molar-refractivity contribution in [2.24, 2.45) is 0 Å². The second-order valence-electron chi connectivity index (χ2n) is 2.62. The van der Waals surface area contributed by atoms with Gasteiger partial charge in [0.15, 0.2) is 6.33 Å². The van der Waals surface area contributed by atoms with Crippen LogP contribution in [0.5, 0.6) is 0 Å². The molecule has 2 aromatic rings. The molecule has 0 aliphatic rings. The summed E-state index contributed by atoms with van der Waals surface area (Å²) in [5.41, 5.74) is 0. The summed E-state index contributed by atoms with van der Waals surface area (Å²) in [6.45, 7) is 0.695. The molecule has 2 aromatic heterocycles. The highest BCUT2D eigenvalue weighted by molar-refractivity contribution is 5.31. The van der Waals surface area contributed by atoms with E-state index in [0.717, 1.165) is 5.82 Å². The molecule has 2 heterocycles. The molecule has 14 heavy (non-hydrogen) atoms. The third-order valence-corrected chi connectivity index (χ3v) is 1.62. The number of anilines is 1. The number of aromatic nitrogens is 4. The molecule has 72 valence electrons. The van der Waals surface area contributed by atoms with Crippen LogP contribution >= 0.6 is 0 Å². The molecule has 0 fully saturated rings. The summed E-state index contributed by atoms with van der Waals surface area (Å²) < 4.78 is 4.83. The zero-order chi connectivity index (χ0) is 9.64. The van der Waals surface area contributed by atoms with Crippen molar-refractivity contribution in [3.63, 3.8) is 0 Å². The standard InChI is InChI=1S/C8H9N5O/c1-2-7(13-11-4-1)9-5-3-8-10-6-12-14-8/h1-2,4,6H,3,5H2,(H,9,13). The minimum absolute atomic E-state index is 0.612. The molecular weight excluding hydrogens is 182 g/mol. The average molecular weight is 191 g/mol. The predicted molar refractivity (Wildman–Crippen MR) is 48.5 cm³/mol. The van der Waals surface area contributed by atoms with Crippen molar-refractivity contribution in [2.45, 2.75) is 6.42 Å². The van der Waals surface area contributed by atoms with E-state index in [1.54, 1.807) is 6.20 Å². The summed E-state index contributed by atoms with van der Waals surface area (Å²) >= 11 is 0. The molecule has 0 bridgehead atoms. The van der Waals surface area contributed by atoms with E-state index in [9.17, 15) is 0 Å². The first-order chi connectivity index (χ1) is 6.95. The van der Waals surface area contributed by atoms with Crippen LogP contribution in [0.15, 0.2) is 29.2 Å². The van der Waals surface area contributed by atoms with Gasteiger partial charge in [-0.3, -0.25) is 0 Å². The Morgan fingerprint density at radius 3 is 3.14 bits per heavy atom. The Balaban J connectivity index is 1.79. The molecule has 0 saturated heterocycles. The Morgan fingerprint density at radius 1 is 1.43 bits per heavy atom. The van der Waals surface area contributed by atoms with E-state index >= 15 is 0 Å². The van der Waals surface area contributed by atoms with E-state index in [0.29, 0.717) is 18.9 Å². The van der Waals surface area contributed by atoms with Crippen molar-refractivity contribution >= 4 is 5.82 Å². The highest BCUT2D eigenvalue weighted by atomic mass is 16.5. The summed E-state index contributed by atoms with van der Waals surface area (Å²) in [5, 5.41) is 14.2. The van der Waals surface area contributed by atoms with Crippen LogP contribution in [0.3, 0.4) is 0 Å². The molecule has 0 spiro atoms. The van der Waals surface area contributed by atoms with E-state index < -0.39 is 0 Å². The van der Waals surface area contributed by atoms with E-state index in [-0.39, 0.29) is 0 Å². The second kappa shape index (κ2) is 4.31. The maximum Gasteiger partial charge on any atom is 0.228 e. The molecule has 6 heteroatoms. The first-order valence-electron chi connectivity index (χ1n) is 4.22. The highest BCUT2D eigenvalue weighted by Gasteiger charge is 1.98. The van der Waals surface area contributed by atoms with Gasteiger partial charge in [0.25, 0.3) is 0 Å². The maximum absolute atomic E-state index is 4.83. The predicted octanol–water partition coefficient (Wildman–Crippen LogP) is 0.514. The topological polar surface area (TPSA) is 76.7 Å². The molecule has 0 saturated carbocycles. The zero-order valence-corrected chi connectivity index (χ0v) is 7.42. The minimum Gasteiger partial charge on any atom is -0.368 e.